The Bertz CT molecular complexity index is 835. The highest BCUT2D eigenvalue weighted by atomic mass is 16.5. The second-order valence-corrected chi connectivity index (χ2v) is 8.47. The molecule has 0 aromatic heterocycles. The Morgan fingerprint density at radius 1 is 1.09 bits per heavy atom. The number of hydrogen-bond acceptors (Lipinski definition) is 5. The summed E-state index contributed by atoms with van der Waals surface area (Å²) in [4.78, 5) is 15.6. The van der Waals surface area contributed by atoms with E-state index in [1.165, 1.54) is 0 Å². The first-order valence-electron chi connectivity index (χ1n) is 11.6. The molecule has 3 rings (SSSR count). The van der Waals surface area contributed by atoms with Crippen LogP contribution in [0.25, 0.3) is 0 Å². The summed E-state index contributed by atoms with van der Waals surface area (Å²) in [6, 6.07) is 15.8. The molecule has 1 heterocycles. The van der Waals surface area contributed by atoms with Crippen LogP contribution in [0, 0.1) is 0 Å². The van der Waals surface area contributed by atoms with Gasteiger partial charge in [-0.2, -0.15) is 0 Å². The summed E-state index contributed by atoms with van der Waals surface area (Å²) in [5, 5.41) is 3.42. The topological polar surface area (TPSA) is 60.0 Å². The maximum absolute atomic E-state index is 13.6. The van der Waals surface area contributed by atoms with Gasteiger partial charge in [-0.25, -0.2) is 0 Å². The van der Waals surface area contributed by atoms with E-state index in [2.05, 4.69) is 19.2 Å². The molecule has 6 nitrogen and oxygen atoms in total. The zero-order valence-electron chi connectivity index (χ0n) is 19.5. The zero-order chi connectivity index (χ0) is 22.8. The predicted molar refractivity (Wildman–Crippen MR) is 126 cm³/mol. The van der Waals surface area contributed by atoms with E-state index in [0.717, 1.165) is 37.9 Å². The standard InChI is InChI=1S/C26H36N2O4/c1-20(2)28(23-11-7-12-27-18-23)26(29)22-15-24(31-14-8-13-30-3)17-25(16-22)32-19-21-9-5-4-6-10-21/h4-6,9-10,15-17,20,23,27H,7-8,11-14,18-19H2,1-3H3/t23-/m1/s1. The summed E-state index contributed by atoms with van der Waals surface area (Å²) in [5.41, 5.74) is 1.67. The van der Waals surface area contributed by atoms with E-state index in [4.69, 9.17) is 14.2 Å². The van der Waals surface area contributed by atoms with Gasteiger partial charge in [0, 0.05) is 50.4 Å². The van der Waals surface area contributed by atoms with Crippen LogP contribution < -0.4 is 14.8 Å². The zero-order valence-corrected chi connectivity index (χ0v) is 19.5. The van der Waals surface area contributed by atoms with Crippen molar-refractivity contribution >= 4 is 5.91 Å². The lowest BCUT2D eigenvalue weighted by Gasteiger charge is -2.37. The number of nitrogens with one attached hydrogen (secondary N) is 1. The molecule has 1 amide bonds. The third-order valence-corrected chi connectivity index (χ3v) is 5.59. The van der Waals surface area contributed by atoms with Crippen LogP contribution in [-0.2, 0) is 11.3 Å². The summed E-state index contributed by atoms with van der Waals surface area (Å²) in [5.74, 6) is 1.29. The molecule has 0 radical (unpaired) electrons. The molecule has 0 spiro atoms. The molecule has 0 unspecified atom stereocenters. The van der Waals surface area contributed by atoms with Crippen LogP contribution >= 0.6 is 0 Å². The van der Waals surface area contributed by atoms with Crippen LogP contribution in [0.15, 0.2) is 48.5 Å². The molecule has 32 heavy (non-hydrogen) atoms. The van der Waals surface area contributed by atoms with Gasteiger partial charge >= 0.3 is 0 Å². The van der Waals surface area contributed by atoms with Gasteiger partial charge < -0.3 is 24.4 Å². The van der Waals surface area contributed by atoms with Crippen LogP contribution in [0.3, 0.4) is 0 Å². The van der Waals surface area contributed by atoms with E-state index in [9.17, 15) is 4.79 Å². The molecular formula is C26H36N2O4. The van der Waals surface area contributed by atoms with E-state index in [1.807, 2.05) is 53.4 Å². The molecule has 1 aliphatic heterocycles. The molecule has 1 saturated heterocycles. The third kappa shape index (κ3) is 6.97. The summed E-state index contributed by atoms with van der Waals surface area (Å²) in [6.07, 6.45) is 2.87. The first-order valence-corrected chi connectivity index (χ1v) is 11.6. The number of nitrogens with zero attached hydrogens (tertiary/aromatic N) is 1. The predicted octanol–water partition coefficient (Wildman–Crippen LogP) is 4.28. The van der Waals surface area contributed by atoms with Gasteiger partial charge in [-0.15, -0.1) is 0 Å². The van der Waals surface area contributed by atoms with Crippen molar-refractivity contribution in [3.8, 4) is 11.5 Å². The summed E-state index contributed by atoms with van der Waals surface area (Å²) >= 11 is 0. The van der Waals surface area contributed by atoms with Gasteiger partial charge in [-0.3, -0.25) is 4.79 Å². The number of carbonyl (C=O) groups excluding carboxylic acids is 1. The molecule has 0 aliphatic carbocycles. The average Bonchev–Trinajstić information content (AvgIpc) is 2.81. The maximum atomic E-state index is 13.6. The van der Waals surface area contributed by atoms with Crippen molar-refractivity contribution in [3.05, 3.63) is 59.7 Å². The molecule has 1 aliphatic rings. The van der Waals surface area contributed by atoms with E-state index in [1.54, 1.807) is 7.11 Å². The molecule has 0 saturated carbocycles. The number of ether oxygens (including phenoxy) is 3. The molecule has 174 valence electrons. The van der Waals surface area contributed by atoms with Crippen molar-refractivity contribution in [3.63, 3.8) is 0 Å². The third-order valence-electron chi connectivity index (χ3n) is 5.59. The minimum absolute atomic E-state index is 0.0144. The fourth-order valence-corrected chi connectivity index (χ4v) is 4.04. The van der Waals surface area contributed by atoms with Gasteiger partial charge in [0.25, 0.3) is 5.91 Å². The lowest BCUT2D eigenvalue weighted by molar-refractivity contribution is 0.0572. The van der Waals surface area contributed by atoms with Crippen molar-refractivity contribution in [2.75, 3.05) is 33.4 Å². The number of rotatable bonds is 11. The van der Waals surface area contributed by atoms with Crippen molar-refractivity contribution in [2.45, 2.75) is 51.8 Å². The van der Waals surface area contributed by atoms with Crippen molar-refractivity contribution < 1.29 is 19.0 Å². The quantitative estimate of drug-likeness (QED) is 0.529. The molecular weight excluding hydrogens is 404 g/mol. The molecule has 6 heteroatoms. The van der Waals surface area contributed by atoms with Gasteiger partial charge in [0.15, 0.2) is 0 Å². The molecule has 2 aromatic rings. The lowest BCUT2D eigenvalue weighted by atomic mass is 10.0. The Balaban J connectivity index is 1.81. The highest BCUT2D eigenvalue weighted by Gasteiger charge is 2.29. The van der Waals surface area contributed by atoms with E-state index in [0.29, 0.717) is 36.9 Å². The van der Waals surface area contributed by atoms with Crippen LogP contribution in [0.2, 0.25) is 0 Å². The first kappa shape index (κ1) is 24.1. The number of carbonyl (C=O) groups is 1. The fourth-order valence-electron chi connectivity index (χ4n) is 4.04. The van der Waals surface area contributed by atoms with Gasteiger partial charge in [-0.05, 0) is 50.9 Å². The smallest absolute Gasteiger partial charge is 0.254 e. The SMILES string of the molecule is COCCCOc1cc(OCc2ccccc2)cc(C(=O)N(C(C)C)[C@@H]2CCCNC2)c1. The first-order chi connectivity index (χ1) is 15.6. The number of piperidine rings is 1. The van der Waals surface area contributed by atoms with E-state index >= 15 is 0 Å². The minimum Gasteiger partial charge on any atom is -0.493 e. The Labute approximate surface area is 191 Å². The normalized spacial score (nSPS) is 16.1. The Kier molecular flexibility index (Phi) is 9.38. The highest BCUT2D eigenvalue weighted by Crippen LogP contribution is 2.27. The van der Waals surface area contributed by atoms with Crippen LogP contribution in [-0.4, -0.2) is 56.3 Å². The largest absolute Gasteiger partial charge is 0.493 e. The van der Waals surface area contributed by atoms with Crippen LogP contribution in [0.4, 0.5) is 0 Å². The molecule has 0 bridgehead atoms. The van der Waals surface area contributed by atoms with E-state index < -0.39 is 0 Å². The van der Waals surface area contributed by atoms with Gasteiger partial charge in [0.2, 0.25) is 0 Å². The number of hydrogen-bond donors (Lipinski definition) is 1. The Morgan fingerprint density at radius 2 is 1.84 bits per heavy atom. The van der Waals surface area contributed by atoms with Gasteiger partial charge in [0.05, 0.1) is 6.61 Å². The second-order valence-electron chi connectivity index (χ2n) is 8.47. The summed E-state index contributed by atoms with van der Waals surface area (Å²) in [7, 11) is 1.68. The molecule has 2 aromatic carbocycles. The molecule has 1 fully saturated rings. The summed E-state index contributed by atoms with van der Waals surface area (Å²) < 4.78 is 17.1. The highest BCUT2D eigenvalue weighted by molar-refractivity contribution is 5.95. The lowest BCUT2D eigenvalue weighted by Crippen LogP contribution is -2.51. The number of benzene rings is 2. The van der Waals surface area contributed by atoms with Gasteiger partial charge in [0.1, 0.15) is 18.1 Å². The maximum Gasteiger partial charge on any atom is 0.254 e. The Morgan fingerprint density at radius 3 is 2.50 bits per heavy atom. The van der Waals surface area contributed by atoms with Crippen LogP contribution in [0.1, 0.15) is 49.0 Å². The minimum atomic E-state index is 0.0144. The van der Waals surface area contributed by atoms with E-state index in [-0.39, 0.29) is 18.0 Å². The van der Waals surface area contributed by atoms with Crippen LogP contribution in [0.5, 0.6) is 11.5 Å². The second kappa shape index (κ2) is 12.5. The average molecular weight is 441 g/mol. The number of methoxy groups -OCH3 is 1. The van der Waals surface area contributed by atoms with Crippen molar-refractivity contribution in [1.29, 1.82) is 0 Å². The van der Waals surface area contributed by atoms with Crippen molar-refractivity contribution in [2.24, 2.45) is 0 Å². The van der Waals surface area contributed by atoms with Crippen molar-refractivity contribution in [1.82, 2.24) is 10.2 Å². The fraction of sp³-hybridized carbons (Fsp3) is 0.500. The van der Waals surface area contributed by atoms with Gasteiger partial charge in [-0.1, -0.05) is 30.3 Å². The molecule has 1 N–H and O–H groups in total. The Hall–Kier alpha value is -2.57. The number of amides is 1. The monoisotopic (exact) mass is 440 g/mol. The molecule has 1 atom stereocenters. The summed E-state index contributed by atoms with van der Waals surface area (Å²) in [6.45, 7) is 7.57.